The van der Waals surface area contributed by atoms with E-state index in [0.29, 0.717) is 0 Å². The molecule has 0 N–H and O–H groups in total. The zero-order valence-electron chi connectivity index (χ0n) is 8.23. The first-order valence-electron chi connectivity index (χ1n) is 4.76. The van der Waals surface area contributed by atoms with E-state index >= 15 is 0 Å². The van der Waals surface area contributed by atoms with Gasteiger partial charge in [-0.25, -0.2) is 0 Å². The summed E-state index contributed by atoms with van der Waals surface area (Å²) in [5.74, 6) is 0. The Hall–Kier alpha value is -0.495. The maximum absolute atomic E-state index is 5.91. The number of rotatable bonds is 0. The van der Waals surface area contributed by atoms with Crippen LogP contribution in [0.3, 0.4) is 0 Å². The SMILES string of the molecule is [B]c1cc2c3nsnc3c3cc(Br)sc3c2s1. The van der Waals surface area contributed by atoms with Crippen LogP contribution in [0.15, 0.2) is 15.9 Å². The van der Waals surface area contributed by atoms with E-state index in [1.165, 1.54) is 26.5 Å². The molecule has 0 unspecified atom stereocenters. The van der Waals surface area contributed by atoms with Gasteiger partial charge < -0.3 is 0 Å². The van der Waals surface area contributed by atoms with Crippen LogP contribution < -0.4 is 4.78 Å². The number of benzene rings is 1. The summed E-state index contributed by atoms with van der Waals surface area (Å²) in [7, 11) is 5.91. The van der Waals surface area contributed by atoms with E-state index < -0.39 is 0 Å². The van der Waals surface area contributed by atoms with Crippen LogP contribution in [0.2, 0.25) is 0 Å². The molecule has 2 nitrogen and oxygen atoms in total. The van der Waals surface area contributed by atoms with Crippen molar-refractivity contribution in [2.75, 3.05) is 0 Å². The first-order chi connectivity index (χ1) is 8.24. The van der Waals surface area contributed by atoms with Crippen LogP contribution in [0.1, 0.15) is 0 Å². The smallest absolute Gasteiger partial charge is 0.128 e. The Bertz CT molecular complexity index is 805. The van der Waals surface area contributed by atoms with Gasteiger partial charge in [0.15, 0.2) is 0 Å². The number of nitrogens with zero attached hydrogens (tertiary/aromatic N) is 2. The first-order valence-corrected chi connectivity index (χ1v) is 7.92. The van der Waals surface area contributed by atoms with Gasteiger partial charge in [0.2, 0.25) is 0 Å². The third-order valence-corrected chi connectivity index (χ3v) is 5.95. The van der Waals surface area contributed by atoms with Crippen LogP contribution >= 0.6 is 50.3 Å². The number of thiophene rings is 2. The Balaban J connectivity index is 2.46. The first kappa shape index (κ1) is 10.4. The van der Waals surface area contributed by atoms with Gasteiger partial charge >= 0.3 is 0 Å². The highest BCUT2D eigenvalue weighted by Crippen LogP contribution is 2.41. The molecule has 0 saturated heterocycles. The van der Waals surface area contributed by atoms with E-state index in [-0.39, 0.29) is 0 Å². The fourth-order valence-electron chi connectivity index (χ4n) is 2.00. The second-order valence-corrected chi connectivity index (χ2v) is 7.69. The largest absolute Gasteiger partial charge is 0.172 e. The lowest BCUT2D eigenvalue weighted by Gasteiger charge is -1.94. The summed E-state index contributed by atoms with van der Waals surface area (Å²) >= 11 is 8.13. The molecule has 2 radical (unpaired) electrons. The molecule has 0 spiro atoms. The van der Waals surface area contributed by atoms with Crippen LogP contribution in [0.5, 0.6) is 0 Å². The molecular weight excluding hydrogens is 335 g/mol. The molecule has 4 rings (SSSR count). The van der Waals surface area contributed by atoms with Gasteiger partial charge in [-0.2, -0.15) is 20.1 Å². The van der Waals surface area contributed by atoms with Crippen molar-refractivity contribution in [3.8, 4) is 0 Å². The van der Waals surface area contributed by atoms with Crippen LogP contribution in [0, 0.1) is 0 Å². The fourth-order valence-corrected chi connectivity index (χ4v) is 5.26. The molecule has 0 fully saturated rings. The Labute approximate surface area is 118 Å². The lowest BCUT2D eigenvalue weighted by molar-refractivity contribution is 1.72. The molecule has 0 atom stereocenters. The summed E-state index contributed by atoms with van der Waals surface area (Å²) in [6.07, 6.45) is 0. The van der Waals surface area contributed by atoms with Crippen molar-refractivity contribution in [2.45, 2.75) is 0 Å². The zero-order valence-corrected chi connectivity index (χ0v) is 12.3. The number of aromatic nitrogens is 2. The molecule has 0 aliphatic carbocycles. The van der Waals surface area contributed by atoms with E-state index in [2.05, 4.69) is 30.7 Å². The highest BCUT2D eigenvalue weighted by Gasteiger charge is 2.15. The van der Waals surface area contributed by atoms with Gasteiger partial charge in [-0.1, -0.05) is 0 Å². The number of hydrogen-bond acceptors (Lipinski definition) is 5. The Kier molecular flexibility index (Phi) is 2.15. The fraction of sp³-hybridized carbons (Fsp3) is 0. The molecule has 0 amide bonds. The molecule has 4 aromatic rings. The summed E-state index contributed by atoms with van der Waals surface area (Å²) in [5.41, 5.74) is 1.95. The summed E-state index contributed by atoms with van der Waals surface area (Å²) < 4.78 is 13.2. The van der Waals surface area contributed by atoms with Gasteiger partial charge in [-0.05, 0) is 32.8 Å². The van der Waals surface area contributed by atoms with E-state index in [4.69, 9.17) is 7.85 Å². The molecule has 0 aliphatic rings. The summed E-state index contributed by atoms with van der Waals surface area (Å²) in [4.78, 5) is 0. The topological polar surface area (TPSA) is 25.8 Å². The minimum absolute atomic E-state index is 0.825. The summed E-state index contributed by atoms with van der Waals surface area (Å²) in [6.45, 7) is 0. The van der Waals surface area contributed by atoms with Crippen molar-refractivity contribution < 1.29 is 0 Å². The highest BCUT2D eigenvalue weighted by atomic mass is 79.9. The van der Waals surface area contributed by atoms with Crippen molar-refractivity contribution in [1.29, 1.82) is 0 Å². The Morgan fingerprint density at radius 3 is 2.41 bits per heavy atom. The molecule has 1 aromatic carbocycles. The third kappa shape index (κ3) is 1.37. The van der Waals surface area contributed by atoms with Crippen molar-refractivity contribution in [2.24, 2.45) is 0 Å². The maximum Gasteiger partial charge on any atom is 0.128 e. The summed E-state index contributed by atoms with van der Waals surface area (Å²) in [6, 6.07) is 4.11. The molecule has 0 aliphatic heterocycles. The molecule has 3 aromatic heterocycles. The van der Waals surface area contributed by atoms with E-state index in [1.54, 1.807) is 22.7 Å². The Morgan fingerprint density at radius 1 is 1.00 bits per heavy atom. The molecule has 0 bridgehead atoms. The molecule has 7 heteroatoms. The molecule has 0 saturated carbocycles. The molecule has 17 heavy (non-hydrogen) atoms. The van der Waals surface area contributed by atoms with Gasteiger partial charge in [0.05, 0.1) is 24.9 Å². The van der Waals surface area contributed by atoms with Crippen LogP contribution in [-0.4, -0.2) is 16.6 Å². The average molecular weight is 337 g/mol. The second kappa shape index (κ2) is 3.51. The van der Waals surface area contributed by atoms with E-state index in [9.17, 15) is 0 Å². The lowest BCUT2D eigenvalue weighted by Crippen LogP contribution is -1.88. The quantitative estimate of drug-likeness (QED) is 0.458. The minimum atomic E-state index is 0.825. The van der Waals surface area contributed by atoms with Gasteiger partial charge in [-0.15, -0.1) is 11.3 Å². The molecule has 3 heterocycles. The van der Waals surface area contributed by atoms with Crippen molar-refractivity contribution in [3.05, 3.63) is 15.9 Å². The van der Waals surface area contributed by atoms with Crippen molar-refractivity contribution in [3.63, 3.8) is 0 Å². The highest BCUT2D eigenvalue weighted by molar-refractivity contribution is 9.11. The summed E-state index contributed by atoms with van der Waals surface area (Å²) in [5, 5.41) is 2.29. The lowest BCUT2D eigenvalue weighted by atomic mass is 10.1. The minimum Gasteiger partial charge on any atom is -0.172 e. The normalized spacial score (nSPS) is 12.1. The van der Waals surface area contributed by atoms with Gasteiger partial charge in [0, 0.05) is 10.8 Å². The van der Waals surface area contributed by atoms with Crippen LogP contribution in [-0.2, 0) is 0 Å². The second-order valence-electron chi connectivity index (χ2n) is 3.65. The Morgan fingerprint density at radius 2 is 1.65 bits per heavy atom. The number of fused-ring (bicyclic) bond motifs is 6. The number of hydrogen-bond donors (Lipinski definition) is 0. The maximum atomic E-state index is 5.91. The molecular formula is C10H2BBrN2S3. The van der Waals surface area contributed by atoms with E-state index in [0.717, 1.165) is 25.0 Å². The van der Waals surface area contributed by atoms with E-state index in [1.807, 2.05) is 6.07 Å². The van der Waals surface area contributed by atoms with Crippen molar-refractivity contribution >= 4 is 94.2 Å². The standard InChI is InChI=1S/C10H2BBrN2S3/c11-5-1-3-7-8(14-17-13-7)4-2-6(12)16-10(4)9(3)15-5/h1-2H. The predicted octanol–water partition coefficient (Wildman–Crippen LogP) is 3.68. The van der Waals surface area contributed by atoms with Crippen LogP contribution in [0.4, 0.5) is 0 Å². The molecule has 80 valence electrons. The average Bonchev–Trinajstić information content (AvgIpc) is 2.91. The zero-order chi connectivity index (χ0) is 11.6. The van der Waals surface area contributed by atoms with Gasteiger partial charge in [0.25, 0.3) is 0 Å². The third-order valence-electron chi connectivity index (χ3n) is 2.66. The van der Waals surface area contributed by atoms with Crippen LogP contribution in [0.25, 0.3) is 31.2 Å². The van der Waals surface area contributed by atoms with Crippen molar-refractivity contribution in [1.82, 2.24) is 8.75 Å². The van der Waals surface area contributed by atoms with Gasteiger partial charge in [-0.3, -0.25) is 0 Å². The monoisotopic (exact) mass is 336 g/mol. The predicted molar refractivity (Wildman–Crippen MR) is 81.3 cm³/mol. The number of halogens is 1. The van der Waals surface area contributed by atoms with Gasteiger partial charge in [0.1, 0.15) is 18.9 Å².